The lowest BCUT2D eigenvalue weighted by molar-refractivity contribution is -0.137. The molecule has 0 atom stereocenters. The van der Waals surface area contributed by atoms with Gasteiger partial charge in [0, 0.05) is 17.0 Å². The molecular weight excluding hydrogens is 417 g/mol. The first-order chi connectivity index (χ1) is 14.7. The summed E-state index contributed by atoms with van der Waals surface area (Å²) in [6.45, 7) is 1.70. The Morgan fingerprint density at radius 1 is 1.06 bits per heavy atom. The predicted octanol–water partition coefficient (Wildman–Crippen LogP) is 4.63. The van der Waals surface area contributed by atoms with Gasteiger partial charge in [0.25, 0.3) is 5.91 Å². The first kappa shape index (κ1) is 22.0. The number of rotatable bonds is 6. The van der Waals surface area contributed by atoms with Crippen molar-refractivity contribution >= 4 is 28.5 Å². The quantitative estimate of drug-likeness (QED) is 0.550. The Labute approximate surface area is 175 Å². The van der Waals surface area contributed by atoms with E-state index in [4.69, 9.17) is 14.2 Å². The van der Waals surface area contributed by atoms with Crippen LogP contribution in [0.1, 0.15) is 33.3 Å². The number of carbonyl (C=O) groups excluding carboxylic acids is 2. The summed E-state index contributed by atoms with van der Waals surface area (Å²) < 4.78 is 54.5. The van der Waals surface area contributed by atoms with Crippen LogP contribution in [0.2, 0.25) is 0 Å². The molecule has 3 aromatic rings. The van der Waals surface area contributed by atoms with Gasteiger partial charge in [-0.25, -0.2) is 4.79 Å². The molecule has 0 saturated heterocycles. The standard InChI is InChI=1S/C21H19F3N2O5/c1-4-31-20(28)18-17(13-9-15(29-2)16(30-3)10-14(13)25-18)26-19(27)11-6-5-7-12(8-11)21(22,23)24/h5-10,25H,4H2,1-3H3,(H,26,27). The van der Waals surface area contributed by atoms with Gasteiger partial charge in [-0.05, 0) is 31.2 Å². The first-order valence-corrected chi connectivity index (χ1v) is 9.13. The third kappa shape index (κ3) is 4.42. The number of halogens is 3. The number of aromatic nitrogens is 1. The topological polar surface area (TPSA) is 89.7 Å². The lowest BCUT2D eigenvalue weighted by Gasteiger charge is -2.11. The maximum Gasteiger partial charge on any atom is 0.416 e. The van der Waals surface area contributed by atoms with Crippen LogP contribution in [-0.4, -0.2) is 37.7 Å². The molecule has 2 aromatic carbocycles. The monoisotopic (exact) mass is 436 g/mol. The molecule has 10 heteroatoms. The number of carbonyl (C=O) groups is 2. The average molecular weight is 436 g/mol. The molecule has 1 heterocycles. The van der Waals surface area contributed by atoms with E-state index in [0.29, 0.717) is 22.4 Å². The molecule has 31 heavy (non-hydrogen) atoms. The SMILES string of the molecule is CCOC(=O)c1[nH]c2cc(OC)c(OC)cc2c1NC(=O)c1cccc(C(F)(F)F)c1. The number of aromatic amines is 1. The second kappa shape index (κ2) is 8.58. The Kier molecular flexibility index (Phi) is 6.09. The van der Waals surface area contributed by atoms with Crippen LogP contribution in [0.3, 0.4) is 0 Å². The largest absolute Gasteiger partial charge is 0.493 e. The van der Waals surface area contributed by atoms with Crippen LogP contribution in [0.4, 0.5) is 18.9 Å². The Bertz CT molecular complexity index is 1140. The summed E-state index contributed by atoms with van der Waals surface area (Å²) >= 11 is 0. The van der Waals surface area contributed by atoms with Crippen LogP contribution in [0.15, 0.2) is 36.4 Å². The lowest BCUT2D eigenvalue weighted by Crippen LogP contribution is -2.16. The van der Waals surface area contributed by atoms with Gasteiger partial charge < -0.3 is 24.5 Å². The number of H-pyrrole nitrogens is 1. The van der Waals surface area contributed by atoms with E-state index in [1.807, 2.05) is 0 Å². The Hall–Kier alpha value is -3.69. The van der Waals surface area contributed by atoms with E-state index in [0.717, 1.165) is 18.2 Å². The molecule has 0 aliphatic carbocycles. The molecule has 0 radical (unpaired) electrons. The number of anilines is 1. The molecule has 1 aromatic heterocycles. The molecule has 1 amide bonds. The molecule has 3 rings (SSSR count). The van der Waals surface area contributed by atoms with Gasteiger partial charge in [-0.1, -0.05) is 6.07 Å². The maximum atomic E-state index is 13.0. The van der Waals surface area contributed by atoms with Crippen molar-refractivity contribution in [2.24, 2.45) is 0 Å². The number of benzene rings is 2. The summed E-state index contributed by atoms with van der Waals surface area (Å²) in [7, 11) is 2.86. The highest BCUT2D eigenvalue weighted by atomic mass is 19.4. The Balaban J connectivity index is 2.10. The minimum Gasteiger partial charge on any atom is -0.493 e. The number of esters is 1. The van der Waals surface area contributed by atoms with E-state index in [9.17, 15) is 22.8 Å². The van der Waals surface area contributed by atoms with Crippen LogP contribution in [0.25, 0.3) is 10.9 Å². The molecule has 0 aliphatic rings. The van der Waals surface area contributed by atoms with Crippen molar-refractivity contribution in [2.75, 3.05) is 26.1 Å². The molecule has 0 bridgehead atoms. The van der Waals surface area contributed by atoms with Crippen LogP contribution in [-0.2, 0) is 10.9 Å². The van der Waals surface area contributed by atoms with Gasteiger partial charge in [-0.2, -0.15) is 13.2 Å². The maximum absolute atomic E-state index is 13.0. The highest BCUT2D eigenvalue weighted by molar-refractivity contribution is 6.15. The number of amides is 1. The molecule has 0 aliphatic heterocycles. The summed E-state index contributed by atoms with van der Waals surface area (Å²) in [5.41, 5.74) is -0.764. The van der Waals surface area contributed by atoms with Crippen molar-refractivity contribution in [2.45, 2.75) is 13.1 Å². The zero-order valence-corrected chi connectivity index (χ0v) is 16.8. The molecule has 0 saturated carbocycles. The summed E-state index contributed by atoms with van der Waals surface area (Å²) in [5, 5.41) is 2.91. The summed E-state index contributed by atoms with van der Waals surface area (Å²) in [4.78, 5) is 28.0. The highest BCUT2D eigenvalue weighted by Crippen LogP contribution is 2.38. The van der Waals surface area contributed by atoms with Crippen molar-refractivity contribution in [3.8, 4) is 11.5 Å². The number of alkyl halides is 3. The Morgan fingerprint density at radius 2 is 1.74 bits per heavy atom. The van der Waals surface area contributed by atoms with E-state index >= 15 is 0 Å². The van der Waals surface area contributed by atoms with Gasteiger partial charge in [0.2, 0.25) is 0 Å². The van der Waals surface area contributed by atoms with E-state index in [2.05, 4.69) is 10.3 Å². The minimum absolute atomic E-state index is 0.0526. The van der Waals surface area contributed by atoms with E-state index in [1.165, 1.54) is 26.4 Å². The van der Waals surface area contributed by atoms with Gasteiger partial charge in [0.05, 0.1) is 37.6 Å². The van der Waals surface area contributed by atoms with E-state index < -0.39 is 23.6 Å². The number of hydrogen-bond donors (Lipinski definition) is 2. The van der Waals surface area contributed by atoms with Gasteiger partial charge in [0.1, 0.15) is 5.69 Å². The number of hydrogen-bond acceptors (Lipinski definition) is 5. The third-order valence-corrected chi connectivity index (χ3v) is 4.47. The molecule has 164 valence electrons. The Morgan fingerprint density at radius 3 is 2.35 bits per heavy atom. The molecule has 2 N–H and O–H groups in total. The fourth-order valence-corrected chi connectivity index (χ4v) is 3.03. The second-order valence-electron chi connectivity index (χ2n) is 6.38. The van der Waals surface area contributed by atoms with Crippen molar-refractivity contribution in [1.29, 1.82) is 0 Å². The fourth-order valence-electron chi connectivity index (χ4n) is 3.03. The van der Waals surface area contributed by atoms with Gasteiger partial charge in [-0.15, -0.1) is 0 Å². The molecule has 7 nitrogen and oxygen atoms in total. The zero-order valence-electron chi connectivity index (χ0n) is 16.8. The van der Waals surface area contributed by atoms with Crippen molar-refractivity contribution in [3.63, 3.8) is 0 Å². The minimum atomic E-state index is -4.60. The van der Waals surface area contributed by atoms with Gasteiger partial charge in [-0.3, -0.25) is 4.79 Å². The van der Waals surface area contributed by atoms with Gasteiger partial charge in [0.15, 0.2) is 11.5 Å². The number of nitrogens with one attached hydrogen (secondary N) is 2. The molecule has 0 fully saturated rings. The summed E-state index contributed by atoms with van der Waals surface area (Å²) in [5.74, 6) is -0.857. The lowest BCUT2D eigenvalue weighted by atomic mass is 10.1. The average Bonchev–Trinajstić information content (AvgIpc) is 3.09. The fraction of sp³-hybridized carbons (Fsp3) is 0.238. The van der Waals surface area contributed by atoms with Gasteiger partial charge >= 0.3 is 12.1 Å². The number of ether oxygens (including phenoxy) is 3. The predicted molar refractivity (Wildman–Crippen MR) is 107 cm³/mol. The van der Waals surface area contributed by atoms with E-state index in [-0.39, 0.29) is 23.6 Å². The molecule has 0 spiro atoms. The molecule has 0 unspecified atom stereocenters. The normalized spacial score (nSPS) is 11.3. The summed E-state index contributed by atoms with van der Waals surface area (Å²) in [6.07, 6.45) is -4.60. The number of methoxy groups -OCH3 is 2. The third-order valence-electron chi connectivity index (χ3n) is 4.47. The van der Waals surface area contributed by atoms with E-state index in [1.54, 1.807) is 13.0 Å². The summed E-state index contributed by atoms with van der Waals surface area (Å²) in [6, 6.07) is 7.08. The smallest absolute Gasteiger partial charge is 0.416 e. The number of fused-ring (bicyclic) bond motifs is 1. The molecular formula is C21H19F3N2O5. The highest BCUT2D eigenvalue weighted by Gasteiger charge is 2.31. The zero-order chi connectivity index (χ0) is 22.8. The van der Waals surface area contributed by atoms with Crippen LogP contribution < -0.4 is 14.8 Å². The first-order valence-electron chi connectivity index (χ1n) is 9.13. The van der Waals surface area contributed by atoms with Crippen LogP contribution in [0, 0.1) is 0 Å². The second-order valence-corrected chi connectivity index (χ2v) is 6.38. The van der Waals surface area contributed by atoms with Crippen molar-refractivity contribution in [1.82, 2.24) is 4.98 Å². The van der Waals surface area contributed by atoms with Crippen molar-refractivity contribution < 1.29 is 37.0 Å². The van der Waals surface area contributed by atoms with Crippen molar-refractivity contribution in [3.05, 3.63) is 53.2 Å². The van der Waals surface area contributed by atoms with Crippen LogP contribution >= 0.6 is 0 Å². The van der Waals surface area contributed by atoms with Crippen LogP contribution in [0.5, 0.6) is 11.5 Å².